The van der Waals surface area contributed by atoms with Crippen LogP contribution in [-0.4, -0.2) is 28.3 Å². The highest BCUT2D eigenvalue weighted by Crippen LogP contribution is 2.20. The van der Waals surface area contributed by atoms with Gasteiger partial charge in [0.05, 0.1) is 11.5 Å². The first-order valence-electron chi connectivity index (χ1n) is 3.93. The normalized spacial score (nSPS) is 25.4. The Morgan fingerprint density at radius 2 is 2.07 bits per heavy atom. The molecule has 0 bridgehead atoms. The van der Waals surface area contributed by atoms with Crippen molar-refractivity contribution in [1.82, 2.24) is 0 Å². The molecule has 1 rings (SSSR count). The molecule has 0 aromatic carbocycles. The zero-order valence-corrected chi connectivity index (χ0v) is 9.62. The van der Waals surface area contributed by atoms with Crippen LogP contribution in [0.1, 0.15) is 12.8 Å². The van der Waals surface area contributed by atoms with Gasteiger partial charge in [-0.2, -0.15) is 8.42 Å². The fraction of sp³-hybridized carbons (Fsp3) is 0.714. The Morgan fingerprint density at radius 1 is 1.43 bits per heavy atom. The molecular formula is C7H9ClO4S2. The molecule has 4 nitrogen and oxygen atoms in total. The Hall–Kier alpha value is -0.250. The van der Waals surface area contributed by atoms with Crippen LogP contribution in [0, 0.1) is 17.1 Å². The van der Waals surface area contributed by atoms with Crippen molar-refractivity contribution in [2.75, 3.05) is 11.5 Å². The summed E-state index contributed by atoms with van der Waals surface area (Å²) in [6.07, 6.45) is 0.824. The van der Waals surface area contributed by atoms with Crippen LogP contribution in [0.15, 0.2) is 0 Å². The maximum absolute atomic E-state index is 11.0. The van der Waals surface area contributed by atoms with Crippen molar-refractivity contribution in [3.63, 3.8) is 0 Å². The smallest absolute Gasteiger partial charge is 0.229 e. The van der Waals surface area contributed by atoms with Crippen LogP contribution in [0.5, 0.6) is 0 Å². The first kappa shape index (κ1) is 11.8. The van der Waals surface area contributed by atoms with Crippen molar-refractivity contribution >= 4 is 29.6 Å². The second kappa shape index (κ2) is 4.09. The fourth-order valence-corrected chi connectivity index (χ4v) is 3.59. The largest absolute Gasteiger partial charge is 0.300 e. The average molecular weight is 257 g/mol. The predicted octanol–water partition coefficient (Wildman–Crippen LogP) is 0.341. The molecule has 7 heteroatoms. The van der Waals surface area contributed by atoms with Gasteiger partial charge < -0.3 is 0 Å². The summed E-state index contributed by atoms with van der Waals surface area (Å²) in [5.74, 6) is 2.60. The molecule has 0 N–H and O–H groups in total. The second-order valence-corrected chi connectivity index (χ2v) is 7.72. The predicted molar refractivity (Wildman–Crippen MR) is 53.9 cm³/mol. The standard InChI is InChI=1S/C7H9ClO4S2/c8-14(11,12)4-1-2-7-3-5-13(9,10)6-7/h7H,2-3,5-6H2. The van der Waals surface area contributed by atoms with Gasteiger partial charge in [-0.15, -0.1) is 0 Å². The lowest BCUT2D eigenvalue weighted by atomic mass is 10.1. The van der Waals surface area contributed by atoms with Gasteiger partial charge in [0.1, 0.15) is 0 Å². The quantitative estimate of drug-likeness (QED) is 0.501. The van der Waals surface area contributed by atoms with Crippen LogP contribution in [0.25, 0.3) is 0 Å². The summed E-state index contributed by atoms with van der Waals surface area (Å²) in [5.41, 5.74) is 0. The van der Waals surface area contributed by atoms with Crippen molar-refractivity contribution < 1.29 is 16.8 Å². The zero-order chi connectivity index (χ0) is 10.8. The summed E-state index contributed by atoms with van der Waals surface area (Å²) in [6, 6.07) is 0. The monoisotopic (exact) mass is 256 g/mol. The van der Waals surface area contributed by atoms with Crippen LogP contribution in [0.4, 0.5) is 0 Å². The van der Waals surface area contributed by atoms with E-state index < -0.39 is 18.9 Å². The Morgan fingerprint density at radius 3 is 2.50 bits per heavy atom. The fourth-order valence-electron chi connectivity index (χ4n) is 1.31. The van der Waals surface area contributed by atoms with E-state index in [0.717, 1.165) is 0 Å². The third kappa shape index (κ3) is 4.31. The van der Waals surface area contributed by atoms with E-state index in [1.807, 2.05) is 5.25 Å². The van der Waals surface area contributed by atoms with Gasteiger partial charge in [-0.3, -0.25) is 0 Å². The molecule has 1 aliphatic rings. The van der Waals surface area contributed by atoms with Crippen LogP contribution in [0.2, 0.25) is 0 Å². The molecule has 0 saturated carbocycles. The molecular weight excluding hydrogens is 248 g/mol. The first-order valence-corrected chi connectivity index (χ1v) is 8.06. The highest BCUT2D eigenvalue weighted by atomic mass is 35.7. The van der Waals surface area contributed by atoms with Crippen molar-refractivity contribution in [3.8, 4) is 11.2 Å². The third-order valence-electron chi connectivity index (χ3n) is 1.91. The van der Waals surface area contributed by atoms with Gasteiger partial charge in [0.15, 0.2) is 9.84 Å². The Labute approximate surface area is 88.0 Å². The maximum Gasteiger partial charge on any atom is 0.300 e. The first-order chi connectivity index (χ1) is 6.29. The van der Waals surface area contributed by atoms with E-state index in [0.29, 0.717) is 6.42 Å². The molecule has 1 unspecified atom stereocenters. The van der Waals surface area contributed by atoms with E-state index in [9.17, 15) is 16.8 Å². The van der Waals surface area contributed by atoms with Gasteiger partial charge in [-0.05, 0) is 12.3 Å². The lowest BCUT2D eigenvalue weighted by molar-refractivity contribution is 0.593. The number of sulfone groups is 1. The van der Waals surface area contributed by atoms with Crippen LogP contribution >= 0.6 is 10.7 Å². The molecule has 0 aliphatic carbocycles. The summed E-state index contributed by atoms with van der Waals surface area (Å²) in [5, 5.41) is 1.87. The molecule has 0 aromatic rings. The van der Waals surface area contributed by atoms with Crippen LogP contribution in [-0.2, 0) is 18.9 Å². The summed E-state index contributed by atoms with van der Waals surface area (Å²) in [6.45, 7) is 0. The number of rotatable bonds is 1. The molecule has 0 spiro atoms. The van der Waals surface area contributed by atoms with E-state index in [-0.39, 0.29) is 23.8 Å². The van der Waals surface area contributed by atoms with Gasteiger partial charge in [0.25, 0.3) is 0 Å². The average Bonchev–Trinajstić information content (AvgIpc) is 2.27. The van der Waals surface area contributed by atoms with Crippen molar-refractivity contribution in [2.45, 2.75) is 12.8 Å². The van der Waals surface area contributed by atoms with Gasteiger partial charge in [-0.1, -0.05) is 5.92 Å². The van der Waals surface area contributed by atoms with E-state index in [1.165, 1.54) is 0 Å². The molecule has 1 heterocycles. The highest BCUT2D eigenvalue weighted by molar-refractivity contribution is 8.17. The maximum atomic E-state index is 11.0. The van der Waals surface area contributed by atoms with Gasteiger partial charge in [0, 0.05) is 22.4 Å². The number of hydrogen-bond acceptors (Lipinski definition) is 4. The van der Waals surface area contributed by atoms with Crippen molar-refractivity contribution in [2.24, 2.45) is 5.92 Å². The van der Waals surface area contributed by atoms with E-state index in [2.05, 4.69) is 5.92 Å². The Balaban J connectivity index is 2.53. The molecule has 1 atom stereocenters. The summed E-state index contributed by atoms with van der Waals surface area (Å²) in [7, 11) is -1.84. The van der Waals surface area contributed by atoms with Gasteiger partial charge in [0.2, 0.25) is 0 Å². The zero-order valence-electron chi connectivity index (χ0n) is 7.23. The number of halogens is 1. The lowest BCUT2D eigenvalue weighted by Gasteiger charge is -1.98. The Bertz CT molecular complexity index is 466. The van der Waals surface area contributed by atoms with Crippen molar-refractivity contribution in [1.29, 1.82) is 0 Å². The third-order valence-corrected chi connectivity index (χ3v) is 4.37. The molecule has 1 fully saturated rings. The molecule has 14 heavy (non-hydrogen) atoms. The second-order valence-electron chi connectivity index (χ2n) is 3.19. The summed E-state index contributed by atoms with van der Waals surface area (Å²) in [4.78, 5) is 0. The SMILES string of the molecule is O=S(=O)(Cl)C#CCC1CCS(=O)(=O)C1. The van der Waals surface area contributed by atoms with E-state index in [1.54, 1.807) is 0 Å². The minimum atomic E-state index is -3.78. The van der Waals surface area contributed by atoms with Crippen LogP contribution < -0.4 is 0 Å². The highest BCUT2D eigenvalue weighted by Gasteiger charge is 2.26. The Kier molecular flexibility index (Phi) is 3.45. The minimum absolute atomic E-state index is 0.0501. The molecule has 1 saturated heterocycles. The molecule has 0 aromatic heterocycles. The molecule has 0 radical (unpaired) electrons. The lowest BCUT2D eigenvalue weighted by Crippen LogP contribution is -2.04. The summed E-state index contributed by atoms with van der Waals surface area (Å²) >= 11 is 0. The minimum Gasteiger partial charge on any atom is -0.229 e. The topological polar surface area (TPSA) is 68.3 Å². The molecule has 0 amide bonds. The van der Waals surface area contributed by atoms with E-state index >= 15 is 0 Å². The van der Waals surface area contributed by atoms with E-state index in [4.69, 9.17) is 10.7 Å². The molecule has 1 aliphatic heterocycles. The summed E-state index contributed by atoms with van der Waals surface area (Å²) < 4.78 is 42.8. The van der Waals surface area contributed by atoms with Crippen LogP contribution in [0.3, 0.4) is 0 Å². The molecule has 80 valence electrons. The van der Waals surface area contributed by atoms with Gasteiger partial charge in [-0.25, -0.2) is 8.42 Å². The van der Waals surface area contributed by atoms with Crippen molar-refractivity contribution in [3.05, 3.63) is 0 Å². The van der Waals surface area contributed by atoms with Gasteiger partial charge >= 0.3 is 9.05 Å². The number of hydrogen-bond donors (Lipinski definition) is 0.